The SMILES string of the molecule is c1ccc(-c2cccc(-c3ccc(N(c4ccc(-c5ccc(-c6ccccc6)c(-c6cc7ccccc7o6)c5)cc4)c4ccc(-c5cccc6ccccc56)cc4)cc3)c2)cc1. The molecule has 0 saturated carbocycles. The average molecular weight is 792 g/mol. The minimum absolute atomic E-state index is 0.858. The molecule has 0 aliphatic rings. The number of furan rings is 1. The molecular weight excluding hydrogens is 751 g/mol. The summed E-state index contributed by atoms with van der Waals surface area (Å²) in [5.74, 6) is 0.858. The molecule has 62 heavy (non-hydrogen) atoms. The zero-order chi connectivity index (χ0) is 41.2. The molecule has 10 aromatic carbocycles. The first-order chi connectivity index (χ1) is 30.7. The van der Waals surface area contributed by atoms with Crippen molar-refractivity contribution in [2.24, 2.45) is 0 Å². The van der Waals surface area contributed by atoms with E-state index in [2.05, 4.69) is 241 Å². The second-order valence-electron chi connectivity index (χ2n) is 15.7. The van der Waals surface area contributed by atoms with Crippen LogP contribution in [0.2, 0.25) is 0 Å². The zero-order valence-corrected chi connectivity index (χ0v) is 34.0. The highest BCUT2D eigenvalue weighted by Crippen LogP contribution is 2.41. The molecule has 1 aromatic heterocycles. The summed E-state index contributed by atoms with van der Waals surface area (Å²) in [6.07, 6.45) is 0. The number of hydrogen-bond donors (Lipinski definition) is 0. The first-order valence-electron chi connectivity index (χ1n) is 21.2. The lowest BCUT2D eigenvalue weighted by molar-refractivity contribution is 0.632. The van der Waals surface area contributed by atoms with Crippen molar-refractivity contribution in [2.45, 2.75) is 0 Å². The molecule has 0 aliphatic carbocycles. The van der Waals surface area contributed by atoms with Gasteiger partial charge in [-0.15, -0.1) is 0 Å². The molecule has 292 valence electrons. The summed E-state index contributed by atoms with van der Waals surface area (Å²) >= 11 is 0. The van der Waals surface area contributed by atoms with Gasteiger partial charge in [0.05, 0.1) is 0 Å². The molecule has 0 N–H and O–H groups in total. The third kappa shape index (κ3) is 7.14. The Morgan fingerprint density at radius 1 is 0.258 bits per heavy atom. The first-order valence-corrected chi connectivity index (χ1v) is 21.2. The topological polar surface area (TPSA) is 16.4 Å². The largest absolute Gasteiger partial charge is 0.456 e. The van der Waals surface area contributed by atoms with Crippen molar-refractivity contribution >= 4 is 38.8 Å². The van der Waals surface area contributed by atoms with Crippen molar-refractivity contribution in [3.8, 4) is 67.0 Å². The Morgan fingerprint density at radius 3 is 1.35 bits per heavy atom. The van der Waals surface area contributed by atoms with Crippen LogP contribution >= 0.6 is 0 Å². The van der Waals surface area contributed by atoms with Crippen LogP contribution in [-0.2, 0) is 0 Å². The molecule has 0 unspecified atom stereocenters. The van der Waals surface area contributed by atoms with Crippen LogP contribution in [0.4, 0.5) is 17.1 Å². The minimum atomic E-state index is 0.858. The smallest absolute Gasteiger partial charge is 0.136 e. The van der Waals surface area contributed by atoms with Crippen LogP contribution in [0.5, 0.6) is 0 Å². The van der Waals surface area contributed by atoms with Crippen molar-refractivity contribution in [3.05, 3.63) is 249 Å². The maximum atomic E-state index is 6.47. The molecule has 0 radical (unpaired) electrons. The molecule has 0 amide bonds. The Hall–Kier alpha value is -8.20. The standard InChI is InChI=1S/C60H41NO/c1-3-13-42(14-4-1)48-20-11-21-49(39-48)43-25-32-52(33-26-43)61(54-36-29-47(30-37-54)56-23-12-19-46-17-7-9-22-55(46)56)53-34-27-44(28-35-53)50-31-38-57(45-15-5-2-6-16-45)58(40-50)60-41-51-18-8-10-24-59(51)62-60/h1-41H. The Balaban J connectivity index is 0.972. The highest BCUT2D eigenvalue weighted by Gasteiger charge is 2.17. The maximum Gasteiger partial charge on any atom is 0.136 e. The summed E-state index contributed by atoms with van der Waals surface area (Å²) in [4.78, 5) is 2.35. The fraction of sp³-hybridized carbons (Fsp3) is 0. The van der Waals surface area contributed by atoms with Gasteiger partial charge in [0.2, 0.25) is 0 Å². The van der Waals surface area contributed by atoms with Gasteiger partial charge in [-0.1, -0.05) is 188 Å². The summed E-state index contributed by atoms with van der Waals surface area (Å²) in [6, 6.07) is 89.0. The lowest BCUT2D eigenvalue weighted by Gasteiger charge is -2.26. The van der Waals surface area contributed by atoms with Crippen molar-refractivity contribution in [1.29, 1.82) is 0 Å². The fourth-order valence-corrected chi connectivity index (χ4v) is 8.74. The van der Waals surface area contributed by atoms with Crippen molar-refractivity contribution in [1.82, 2.24) is 0 Å². The Kier molecular flexibility index (Phi) is 9.57. The van der Waals surface area contributed by atoms with Gasteiger partial charge in [-0.2, -0.15) is 0 Å². The van der Waals surface area contributed by atoms with E-state index in [-0.39, 0.29) is 0 Å². The normalized spacial score (nSPS) is 11.2. The second kappa shape index (κ2) is 16.1. The van der Waals surface area contributed by atoms with E-state index in [1.165, 1.54) is 44.2 Å². The van der Waals surface area contributed by atoms with Crippen molar-refractivity contribution in [2.75, 3.05) is 4.90 Å². The van der Waals surface area contributed by atoms with Crippen LogP contribution in [0.15, 0.2) is 253 Å². The minimum Gasteiger partial charge on any atom is -0.456 e. The van der Waals surface area contributed by atoms with Gasteiger partial charge in [-0.3, -0.25) is 0 Å². The van der Waals surface area contributed by atoms with E-state index in [9.17, 15) is 0 Å². The highest BCUT2D eigenvalue weighted by molar-refractivity contribution is 5.97. The first kappa shape index (κ1) is 36.8. The molecule has 0 saturated heterocycles. The van der Waals surface area contributed by atoms with E-state index in [0.717, 1.165) is 61.6 Å². The van der Waals surface area contributed by atoms with Gasteiger partial charge in [0.15, 0.2) is 0 Å². The molecule has 0 bridgehead atoms. The molecule has 2 nitrogen and oxygen atoms in total. The van der Waals surface area contributed by atoms with Crippen molar-refractivity contribution in [3.63, 3.8) is 0 Å². The molecule has 0 atom stereocenters. The van der Waals surface area contributed by atoms with Gasteiger partial charge >= 0.3 is 0 Å². The van der Waals surface area contributed by atoms with Gasteiger partial charge < -0.3 is 9.32 Å². The van der Waals surface area contributed by atoms with Crippen LogP contribution in [0.1, 0.15) is 0 Å². The third-order valence-corrected chi connectivity index (χ3v) is 11.9. The summed E-state index contributed by atoms with van der Waals surface area (Å²) in [5.41, 5.74) is 16.9. The van der Waals surface area contributed by atoms with E-state index >= 15 is 0 Å². The molecule has 11 aromatic rings. The number of nitrogens with zero attached hydrogens (tertiary/aromatic N) is 1. The summed E-state index contributed by atoms with van der Waals surface area (Å²) in [5, 5.41) is 3.59. The number of para-hydroxylation sites is 1. The Morgan fingerprint density at radius 2 is 0.710 bits per heavy atom. The number of hydrogen-bond acceptors (Lipinski definition) is 2. The zero-order valence-electron chi connectivity index (χ0n) is 34.0. The van der Waals surface area contributed by atoms with Gasteiger partial charge in [0.1, 0.15) is 11.3 Å². The molecule has 2 heteroatoms. The van der Waals surface area contributed by atoms with E-state index < -0.39 is 0 Å². The van der Waals surface area contributed by atoms with Crippen LogP contribution in [0.3, 0.4) is 0 Å². The molecule has 11 rings (SSSR count). The number of rotatable bonds is 9. The summed E-state index contributed by atoms with van der Waals surface area (Å²) in [7, 11) is 0. The van der Waals surface area contributed by atoms with E-state index in [0.29, 0.717) is 0 Å². The Bertz CT molecular complexity index is 3270. The van der Waals surface area contributed by atoms with Crippen molar-refractivity contribution < 1.29 is 4.42 Å². The predicted molar refractivity (Wildman–Crippen MR) is 261 cm³/mol. The van der Waals surface area contributed by atoms with E-state index in [4.69, 9.17) is 4.42 Å². The highest BCUT2D eigenvalue weighted by atomic mass is 16.3. The molecule has 0 spiro atoms. The average Bonchev–Trinajstić information content (AvgIpc) is 3.80. The monoisotopic (exact) mass is 791 g/mol. The number of fused-ring (bicyclic) bond motifs is 2. The lowest BCUT2D eigenvalue weighted by Crippen LogP contribution is -2.09. The van der Waals surface area contributed by atoms with Crippen LogP contribution in [-0.4, -0.2) is 0 Å². The lowest BCUT2D eigenvalue weighted by atomic mass is 9.93. The summed E-state index contributed by atoms with van der Waals surface area (Å²) in [6.45, 7) is 0. The van der Waals surface area contributed by atoms with Gasteiger partial charge in [-0.05, 0) is 127 Å². The quantitative estimate of drug-likeness (QED) is 0.145. The second-order valence-corrected chi connectivity index (χ2v) is 15.7. The third-order valence-electron chi connectivity index (χ3n) is 11.9. The number of anilines is 3. The molecule has 1 heterocycles. The maximum absolute atomic E-state index is 6.47. The number of benzene rings is 10. The molecule has 0 fully saturated rings. The molecule has 0 aliphatic heterocycles. The van der Waals surface area contributed by atoms with Crippen LogP contribution < -0.4 is 4.90 Å². The van der Waals surface area contributed by atoms with Gasteiger partial charge in [-0.25, -0.2) is 0 Å². The molecular formula is C60H41NO. The van der Waals surface area contributed by atoms with Gasteiger partial charge in [0.25, 0.3) is 0 Å². The predicted octanol–water partition coefficient (Wildman–Crippen LogP) is 17.1. The van der Waals surface area contributed by atoms with Crippen LogP contribution in [0, 0.1) is 0 Å². The van der Waals surface area contributed by atoms with Gasteiger partial charge in [0, 0.05) is 28.0 Å². The van der Waals surface area contributed by atoms with E-state index in [1.54, 1.807) is 0 Å². The Labute approximate surface area is 362 Å². The fourth-order valence-electron chi connectivity index (χ4n) is 8.74. The summed E-state index contributed by atoms with van der Waals surface area (Å²) < 4.78 is 6.47. The van der Waals surface area contributed by atoms with E-state index in [1.807, 2.05) is 12.1 Å². The van der Waals surface area contributed by atoms with Crippen LogP contribution in [0.25, 0.3) is 88.7 Å².